The minimum atomic E-state index is -1.69. The lowest BCUT2D eigenvalue weighted by Gasteiger charge is -2.30. The summed E-state index contributed by atoms with van der Waals surface area (Å²) in [6, 6.07) is 3.17. The maximum atomic E-state index is 14.5. The molecule has 0 radical (unpaired) electrons. The number of nitrogens with zero attached hydrogens (tertiary/aromatic N) is 5. The molecule has 147 heavy (non-hydrogen) atoms. The Balaban J connectivity index is 0.000000457. The number of ether oxygens (including phenoxy) is 2. The number of carboxylic acid groups (broad SMARTS) is 4. The maximum Gasteiger partial charge on any atom is 0.317 e. The predicted octanol–water partition coefficient (Wildman–Crippen LogP) is 1.85. The van der Waals surface area contributed by atoms with Crippen molar-refractivity contribution in [2.75, 3.05) is 92.4 Å². The number of hydrogen-bond donors (Lipinski definition) is 20. The summed E-state index contributed by atoms with van der Waals surface area (Å²) in [6.45, 7) is 3.58. The van der Waals surface area contributed by atoms with Gasteiger partial charge in [0.25, 0.3) is 0 Å². The van der Waals surface area contributed by atoms with Crippen molar-refractivity contribution in [1.82, 2.24) is 83.5 Å². The molecular weight excluding hydrogens is 1910 g/mol. The summed E-state index contributed by atoms with van der Waals surface area (Å²) in [4.78, 5) is 263. The van der Waals surface area contributed by atoms with Crippen LogP contribution in [-0.4, -0.2) is 323 Å². The summed E-state index contributed by atoms with van der Waals surface area (Å²) >= 11 is 0. The van der Waals surface area contributed by atoms with E-state index in [4.69, 9.17) is 31.8 Å². The number of carbonyl (C=O) groups is 19. The number of allylic oxidation sites excluding steroid dienone is 1. The fourth-order valence-electron chi connectivity index (χ4n) is 17.6. The molecule has 11 atom stereocenters. The fourth-order valence-corrected chi connectivity index (χ4v) is 17.6. The molecule has 1 aromatic heterocycles. The van der Waals surface area contributed by atoms with Gasteiger partial charge in [0.2, 0.25) is 82.7 Å². The number of carboxylic acids is 4. The molecule has 3 aromatic rings. The summed E-state index contributed by atoms with van der Waals surface area (Å²) in [6.07, 6.45) is 24.4. The normalized spacial score (nSPS) is 19.3. The maximum absolute atomic E-state index is 14.5. The molecule has 3 fully saturated rings. The Kier molecular flexibility index (Phi) is 57.3. The standard InChI is InChI=1S/C55H95N9O17.C46H60N12O8/c1-62-30-20-25-44(62)55(79)64-32-21-24-43(64)54(78)61-42(36-48(69)70)53(77)60-41(23-17-19-31-63(37-49(71)72)38-50(73)74)52(76)59-40(51(56)75)22-16-18-28-57-46(66)39-81-35-34-80-33-29-58-45(65)26-14-12-10-8-6-4-2-3-5-7-9-11-13-15-27-47(67)68;1-27(59)33-16-9-21-50-40(61)19-18-36(53-28(2)60)42(63)58-39(25-31-13-8-20-49-31)45(66)56-37(23-29-11-4-3-5-12-29)43(64)55-35(17-10-22-51-46(47)48)41(62)57-38(44(65)54-33)24-30-26-52-34-15-7-6-14-32(30)34/h40-44H,2-39H2,1H3,(H2,56,75)(H,57,66)(H,58,65)(H,59,76)(H,60,77)(H,61,78)(H,67,68)(H,69,70)(H,71,72)(H,73,74);3-7,11-15,20,26,33,35-39,52H,8-10,16-19,21-25H2,1-2H3,(H,50,61)(H,53,60)(H,54,65)(H,55,64)(H,56,66)(H,57,62)(H,58,63)(H4,47,48,51)/t40-,41-,42-,43-,44-;33-,35-,36-,37+,38-,39-/m00/s1. The SMILES string of the molecule is CC(=O)N[C@H]1CCC(=O)NCCC[C@@H](C(C)=O)NC(=O)[C@H](Cc2c[nH]c3ccccc23)NC(=O)[C@H](CCCN=C(N)N)NC(=O)[C@@H](Cc2ccccc2)NC(=O)[C@H](CC2=CCC=N2)NC1=O.CN1CCC[C@H]1C(=O)N1CCC[C@H]1C(=O)N[C@@H](CC(=O)O)C(=O)N[C@@H](CCCCN(CC(=O)O)CC(=O)O)C(=O)N[C@@H](CCCCNC(=O)COCCOCCNC(=O)CCCCCCCCCCCCCCCCC(=O)O)C(N)=O. The van der Waals surface area contributed by atoms with Gasteiger partial charge in [-0.1, -0.05) is 132 Å². The lowest BCUT2D eigenvalue weighted by molar-refractivity contribution is -0.144. The van der Waals surface area contributed by atoms with E-state index in [9.17, 15) is 106 Å². The number of ketones is 1. The number of benzene rings is 2. The van der Waals surface area contributed by atoms with Gasteiger partial charge in [0.05, 0.1) is 51.4 Å². The second kappa shape index (κ2) is 68.9. The third kappa shape index (κ3) is 49.6. The molecule has 4 aliphatic rings. The number of likely N-dealkylation sites (tertiary alicyclic amines) is 2. The predicted molar refractivity (Wildman–Crippen MR) is 543 cm³/mol. The van der Waals surface area contributed by atoms with Crippen LogP contribution in [0.4, 0.5) is 0 Å². The van der Waals surface area contributed by atoms with Crippen molar-refractivity contribution < 1.29 is 121 Å². The first kappa shape index (κ1) is 122. The number of aromatic nitrogens is 1. The molecule has 0 spiro atoms. The van der Waals surface area contributed by atoms with Gasteiger partial charge in [-0.05, 0) is 153 Å². The number of aliphatic imine (C=N–C) groups is 2. The smallest absolute Gasteiger partial charge is 0.317 e. The highest BCUT2D eigenvalue weighted by molar-refractivity contribution is 6.00. The minimum absolute atomic E-state index is 0.00104. The van der Waals surface area contributed by atoms with Gasteiger partial charge >= 0.3 is 23.9 Å². The van der Waals surface area contributed by atoms with Crippen molar-refractivity contribution in [3.8, 4) is 0 Å². The van der Waals surface area contributed by atoms with E-state index in [2.05, 4.69) is 78.8 Å². The van der Waals surface area contributed by atoms with Crippen molar-refractivity contribution in [1.29, 1.82) is 0 Å². The van der Waals surface area contributed by atoms with Gasteiger partial charge in [-0.3, -0.25) is 111 Å². The molecule has 14 amide bonds. The third-order valence-corrected chi connectivity index (χ3v) is 25.5. The first-order chi connectivity index (χ1) is 70.4. The number of fused-ring (bicyclic) bond motifs is 1. The molecule has 814 valence electrons. The highest BCUT2D eigenvalue weighted by Crippen LogP contribution is 2.27. The monoisotopic (exact) mass is 2060 g/mol. The van der Waals surface area contributed by atoms with Crippen LogP contribution in [0.1, 0.15) is 250 Å². The van der Waals surface area contributed by atoms with Gasteiger partial charge in [-0.2, -0.15) is 0 Å². The van der Waals surface area contributed by atoms with Crippen LogP contribution in [0.15, 0.2) is 82.6 Å². The molecule has 23 N–H and O–H groups in total. The van der Waals surface area contributed by atoms with Crippen molar-refractivity contribution in [2.45, 2.75) is 318 Å². The second-order valence-corrected chi connectivity index (χ2v) is 37.6. The molecule has 46 heteroatoms. The number of likely N-dealkylation sites (N-methyl/N-ethyl adjacent to an activating group) is 1. The van der Waals surface area contributed by atoms with Crippen molar-refractivity contribution in [3.05, 3.63) is 83.7 Å². The number of para-hydroxylation sites is 1. The Bertz CT molecular complexity index is 4860. The number of aromatic amines is 1. The largest absolute Gasteiger partial charge is 0.481 e. The number of primary amides is 1. The van der Waals surface area contributed by atoms with E-state index in [0.29, 0.717) is 68.4 Å². The number of H-pyrrole nitrogens is 1. The first-order valence-electron chi connectivity index (χ1n) is 51.4. The van der Waals surface area contributed by atoms with E-state index in [1.165, 1.54) is 70.1 Å². The number of amides is 14. The minimum Gasteiger partial charge on any atom is -0.481 e. The molecule has 3 saturated heterocycles. The van der Waals surface area contributed by atoms with Gasteiger partial charge in [0.15, 0.2) is 11.7 Å². The molecule has 7 rings (SSSR count). The summed E-state index contributed by atoms with van der Waals surface area (Å²) < 4.78 is 10.9. The lowest BCUT2D eigenvalue weighted by Crippen LogP contribution is -2.60. The summed E-state index contributed by atoms with van der Waals surface area (Å²) in [7, 11) is 1.82. The van der Waals surface area contributed by atoms with E-state index in [-0.39, 0.29) is 172 Å². The number of guanidine groups is 1. The Hall–Kier alpha value is -13.4. The fraction of sp³-hybridized carbons (Fsp3) is 0.634. The Morgan fingerprint density at radius 3 is 1.73 bits per heavy atom. The van der Waals surface area contributed by atoms with Gasteiger partial charge in [0.1, 0.15) is 61.0 Å². The zero-order chi connectivity index (χ0) is 107. The molecule has 46 nitrogen and oxygen atoms in total. The van der Waals surface area contributed by atoms with Crippen LogP contribution in [0, 0.1) is 0 Å². The molecule has 2 aromatic carbocycles. The third-order valence-electron chi connectivity index (χ3n) is 25.5. The van der Waals surface area contributed by atoms with Crippen LogP contribution < -0.4 is 81.0 Å². The quantitative estimate of drug-likeness (QED) is 0.0218. The Morgan fingerprint density at radius 1 is 0.544 bits per heavy atom. The van der Waals surface area contributed by atoms with E-state index in [1.807, 2.05) is 36.2 Å². The summed E-state index contributed by atoms with van der Waals surface area (Å²) in [5, 5.41) is 69.9. The molecule has 4 aliphatic heterocycles. The van der Waals surface area contributed by atoms with Gasteiger partial charge in [-0.25, -0.2) is 0 Å². The number of unbranched alkanes of at least 4 members (excludes halogenated alkanes) is 15. The molecule has 0 saturated carbocycles. The molecule has 5 heterocycles. The summed E-state index contributed by atoms with van der Waals surface area (Å²) in [5.41, 5.74) is 19.4. The van der Waals surface area contributed by atoms with E-state index in [0.717, 1.165) is 67.3 Å². The van der Waals surface area contributed by atoms with E-state index in [1.54, 1.807) is 48.8 Å². The molecular formula is C101H155N21O25. The van der Waals surface area contributed by atoms with Crippen molar-refractivity contribution >= 4 is 135 Å². The number of nitrogens with two attached hydrogens (primary N) is 3. The Labute approximate surface area is 857 Å². The average molecular weight is 2060 g/mol. The highest BCUT2D eigenvalue weighted by Gasteiger charge is 2.43. The van der Waals surface area contributed by atoms with Crippen LogP contribution >= 0.6 is 0 Å². The molecule has 0 unspecified atom stereocenters. The van der Waals surface area contributed by atoms with Crippen LogP contribution in [0.25, 0.3) is 10.9 Å². The molecule has 0 aliphatic carbocycles. The number of aliphatic carboxylic acids is 4. The zero-order valence-corrected chi connectivity index (χ0v) is 85.0. The lowest BCUT2D eigenvalue weighted by atomic mass is 10.0. The number of Topliss-reactive ketones (excluding diaryl/α,β-unsaturated/α-hetero) is 1. The van der Waals surface area contributed by atoms with Crippen molar-refractivity contribution in [3.63, 3.8) is 0 Å². The number of rotatable bonds is 61. The van der Waals surface area contributed by atoms with Gasteiger partial charge in [-0.15, -0.1) is 0 Å². The highest BCUT2D eigenvalue weighted by atomic mass is 16.5. The number of nitrogens with one attached hydrogen (secondary N) is 13. The zero-order valence-electron chi connectivity index (χ0n) is 85.0. The van der Waals surface area contributed by atoms with Crippen molar-refractivity contribution in [2.24, 2.45) is 27.2 Å². The topological polar surface area (TPSA) is 696 Å². The molecule has 0 bridgehead atoms. The van der Waals surface area contributed by atoms with Crippen LogP contribution in [-0.2, 0) is 113 Å². The number of hydrogen-bond acceptors (Lipinski definition) is 25. The summed E-state index contributed by atoms with van der Waals surface area (Å²) in [5.74, 6) is -14.1. The van der Waals surface area contributed by atoms with E-state index < -0.39 is 181 Å². The Morgan fingerprint density at radius 2 is 1.12 bits per heavy atom. The number of carbonyl (C=O) groups excluding carboxylic acids is 15. The van der Waals surface area contributed by atoms with Gasteiger partial charge in [0, 0.05) is 114 Å². The average Bonchev–Trinajstić information content (AvgIpc) is 1.68. The van der Waals surface area contributed by atoms with E-state index >= 15 is 0 Å². The second-order valence-electron chi connectivity index (χ2n) is 37.6. The van der Waals surface area contributed by atoms with Crippen LogP contribution in [0.2, 0.25) is 0 Å². The first-order valence-corrected chi connectivity index (χ1v) is 51.4. The van der Waals surface area contributed by atoms with Crippen LogP contribution in [0.5, 0.6) is 0 Å². The van der Waals surface area contributed by atoms with Crippen LogP contribution in [0.3, 0.4) is 0 Å². The van der Waals surface area contributed by atoms with Gasteiger partial charge < -0.3 is 121 Å².